The highest BCUT2D eigenvalue weighted by Gasteiger charge is 2.17. The number of hydrogen-bond donors (Lipinski definition) is 0. The minimum atomic E-state index is 0.659. The van der Waals surface area contributed by atoms with Crippen molar-refractivity contribution in [1.29, 1.82) is 0 Å². The van der Waals surface area contributed by atoms with Crippen LogP contribution in [0, 0.1) is 0 Å². The lowest BCUT2D eigenvalue weighted by Crippen LogP contribution is -2.19. The fourth-order valence-corrected chi connectivity index (χ4v) is 2.52. The maximum atomic E-state index is 5.64. The maximum absolute atomic E-state index is 5.64. The normalized spacial score (nSPS) is 15.8. The Morgan fingerprint density at radius 3 is 2.43 bits per heavy atom. The molecule has 0 saturated carbocycles. The highest BCUT2D eigenvalue weighted by molar-refractivity contribution is 7.08. The molecule has 1 aliphatic rings. The Labute approximate surface area is 87.5 Å². The molecule has 0 unspecified atom stereocenters. The van der Waals surface area contributed by atoms with Crippen molar-refractivity contribution >= 4 is 23.0 Å². The number of hydrogen-bond acceptors (Lipinski definition) is 3. The van der Waals surface area contributed by atoms with Gasteiger partial charge in [0.05, 0.1) is 9.06 Å². The Kier molecular flexibility index (Phi) is 2.50. The van der Waals surface area contributed by atoms with Crippen LogP contribution in [0.2, 0.25) is 0 Å². The van der Waals surface area contributed by atoms with Crippen LogP contribution in [0.15, 0.2) is 0 Å². The van der Waals surface area contributed by atoms with Gasteiger partial charge in [-0.05, 0) is 20.8 Å². The maximum Gasteiger partial charge on any atom is 0.179 e. The van der Waals surface area contributed by atoms with E-state index in [0.29, 0.717) is 13.2 Å². The van der Waals surface area contributed by atoms with Gasteiger partial charge in [-0.2, -0.15) is 0 Å². The molecule has 3 heteroatoms. The Balaban J connectivity index is 2.78. The summed E-state index contributed by atoms with van der Waals surface area (Å²) in [7, 11) is 0. The molecule has 2 rings (SSSR count). The summed E-state index contributed by atoms with van der Waals surface area (Å²) in [6.45, 7) is 7.55. The number of rotatable bonds is 0. The van der Waals surface area contributed by atoms with Gasteiger partial charge in [-0.15, -0.1) is 11.3 Å². The molecule has 14 heavy (non-hydrogen) atoms. The zero-order chi connectivity index (χ0) is 10.1. The Morgan fingerprint density at radius 1 is 1.21 bits per heavy atom. The van der Waals surface area contributed by atoms with Crippen LogP contribution in [0.1, 0.15) is 20.8 Å². The van der Waals surface area contributed by atoms with Gasteiger partial charge < -0.3 is 9.47 Å². The van der Waals surface area contributed by atoms with Gasteiger partial charge in [0, 0.05) is 0 Å². The highest BCUT2D eigenvalue weighted by atomic mass is 32.1. The summed E-state index contributed by atoms with van der Waals surface area (Å²) in [5.41, 5.74) is 1.28. The van der Waals surface area contributed by atoms with E-state index in [4.69, 9.17) is 9.47 Å². The van der Waals surface area contributed by atoms with Crippen molar-refractivity contribution in [2.75, 3.05) is 13.2 Å². The van der Waals surface area contributed by atoms with Gasteiger partial charge >= 0.3 is 0 Å². The van der Waals surface area contributed by atoms with Crippen LogP contribution in [0.3, 0.4) is 0 Å². The second kappa shape index (κ2) is 3.65. The second-order valence-electron chi connectivity index (χ2n) is 3.44. The molecule has 2 heterocycles. The average molecular weight is 210 g/mol. The molecule has 0 aliphatic carbocycles. The second-order valence-corrected chi connectivity index (χ2v) is 4.49. The average Bonchev–Trinajstić information content (AvgIpc) is 2.56. The standard InChI is InChI=1S/C11H14O2S/c1-4-8-9-10(13-6-5-12-9)11(14-8)7(2)3/h4H,5-6H2,1-3H3/b8-4+. The SMILES string of the molecule is C/C=c1/sc(=C(C)C)c2c1OCCO2. The lowest BCUT2D eigenvalue weighted by molar-refractivity contribution is 0.171. The van der Waals surface area contributed by atoms with Crippen molar-refractivity contribution in [2.24, 2.45) is 0 Å². The fourth-order valence-electron chi connectivity index (χ4n) is 1.49. The van der Waals surface area contributed by atoms with Crippen molar-refractivity contribution in [3.05, 3.63) is 9.06 Å². The van der Waals surface area contributed by atoms with Crippen molar-refractivity contribution in [1.82, 2.24) is 0 Å². The number of thiophene rings is 1. The predicted molar refractivity (Wildman–Crippen MR) is 59.5 cm³/mol. The monoisotopic (exact) mass is 210 g/mol. The highest BCUT2D eigenvalue weighted by Crippen LogP contribution is 2.24. The third-order valence-electron chi connectivity index (χ3n) is 2.14. The largest absolute Gasteiger partial charge is 0.485 e. The van der Waals surface area contributed by atoms with E-state index < -0.39 is 0 Å². The lowest BCUT2D eigenvalue weighted by atomic mass is 10.3. The van der Waals surface area contributed by atoms with E-state index in [1.807, 2.05) is 6.92 Å². The van der Waals surface area contributed by atoms with Crippen LogP contribution in [0.25, 0.3) is 11.6 Å². The first-order valence-electron chi connectivity index (χ1n) is 4.76. The van der Waals surface area contributed by atoms with E-state index in [-0.39, 0.29) is 0 Å². The first-order chi connectivity index (χ1) is 6.74. The van der Waals surface area contributed by atoms with E-state index in [1.54, 1.807) is 11.3 Å². The molecule has 0 radical (unpaired) electrons. The first-order valence-corrected chi connectivity index (χ1v) is 5.58. The molecular formula is C11H14O2S. The lowest BCUT2D eigenvalue weighted by Gasteiger charge is -2.14. The molecule has 1 aromatic rings. The Hall–Kier alpha value is -0.960. The minimum Gasteiger partial charge on any atom is -0.485 e. The summed E-state index contributed by atoms with van der Waals surface area (Å²) in [6, 6.07) is 0. The van der Waals surface area contributed by atoms with Gasteiger partial charge in [0.25, 0.3) is 0 Å². The molecule has 0 atom stereocenters. The molecule has 0 bridgehead atoms. The van der Waals surface area contributed by atoms with Crippen LogP contribution in [0.4, 0.5) is 0 Å². The van der Waals surface area contributed by atoms with Crippen molar-refractivity contribution in [3.8, 4) is 11.5 Å². The molecule has 1 aromatic heterocycles. The minimum absolute atomic E-state index is 0.659. The van der Waals surface area contributed by atoms with Crippen LogP contribution >= 0.6 is 11.3 Å². The summed E-state index contributed by atoms with van der Waals surface area (Å²) in [5, 5.41) is 0. The molecular weight excluding hydrogens is 196 g/mol. The summed E-state index contributed by atoms with van der Waals surface area (Å²) in [4.78, 5) is 0. The molecule has 0 saturated heterocycles. The Bertz CT molecular complexity index is 452. The molecule has 76 valence electrons. The van der Waals surface area contributed by atoms with Gasteiger partial charge in [-0.25, -0.2) is 0 Å². The van der Waals surface area contributed by atoms with Gasteiger partial charge in [-0.3, -0.25) is 0 Å². The van der Waals surface area contributed by atoms with E-state index in [0.717, 1.165) is 11.5 Å². The molecule has 0 fully saturated rings. The van der Waals surface area contributed by atoms with E-state index in [2.05, 4.69) is 19.9 Å². The zero-order valence-electron chi connectivity index (χ0n) is 8.72. The van der Waals surface area contributed by atoms with Crippen molar-refractivity contribution in [3.63, 3.8) is 0 Å². The van der Waals surface area contributed by atoms with Crippen molar-refractivity contribution < 1.29 is 9.47 Å². The van der Waals surface area contributed by atoms with Gasteiger partial charge in [0.15, 0.2) is 11.5 Å². The fraction of sp³-hybridized carbons (Fsp3) is 0.455. The summed E-state index contributed by atoms with van der Waals surface area (Å²) >= 11 is 1.74. The number of fused-ring (bicyclic) bond motifs is 1. The van der Waals surface area contributed by atoms with Crippen molar-refractivity contribution in [2.45, 2.75) is 20.8 Å². The molecule has 2 nitrogen and oxygen atoms in total. The van der Waals surface area contributed by atoms with Gasteiger partial charge in [-0.1, -0.05) is 11.6 Å². The quantitative estimate of drug-likeness (QED) is 0.646. The zero-order valence-corrected chi connectivity index (χ0v) is 9.53. The molecule has 0 spiro atoms. The van der Waals surface area contributed by atoms with Gasteiger partial charge in [0.1, 0.15) is 13.2 Å². The number of ether oxygens (including phenoxy) is 2. The molecule has 1 aliphatic heterocycles. The van der Waals surface area contributed by atoms with Crippen LogP contribution in [-0.4, -0.2) is 13.2 Å². The molecule has 0 amide bonds. The third-order valence-corrected chi connectivity index (χ3v) is 3.58. The van der Waals surface area contributed by atoms with Crippen LogP contribution < -0.4 is 18.5 Å². The predicted octanol–water partition coefficient (Wildman–Crippen LogP) is 1.51. The summed E-state index contributed by atoms with van der Waals surface area (Å²) in [5.74, 6) is 1.87. The molecule has 0 N–H and O–H groups in total. The Morgan fingerprint density at radius 2 is 1.86 bits per heavy atom. The topological polar surface area (TPSA) is 18.5 Å². The van der Waals surface area contributed by atoms with Crippen LogP contribution in [-0.2, 0) is 0 Å². The van der Waals surface area contributed by atoms with E-state index in [9.17, 15) is 0 Å². The van der Waals surface area contributed by atoms with E-state index >= 15 is 0 Å². The van der Waals surface area contributed by atoms with E-state index in [1.165, 1.54) is 14.6 Å². The van der Waals surface area contributed by atoms with Gasteiger partial charge in [0.2, 0.25) is 0 Å². The summed E-state index contributed by atoms with van der Waals surface area (Å²) < 4.78 is 13.7. The van der Waals surface area contributed by atoms with Crippen LogP contribution in [0.5, 0.6) is 11.5 Å². The smallest absolute Gasteiger partial charge is 0.179 e. The third kappa shape index (κ3) is 1.42. The molecule has 0 aromatic carbocycles. The first kappa shape index (κ1) is 9.59. The summed E-state index contributed by atoms with van der Waals surface area (Å²) in [6.07, 6.45) is 2.07.